The molecule has 0 atom stereocenters. The molecule has 12 heterocycles. The van der Waals surface area contributed by atoms with E-state index in [0.717, 1.165) is 87.0 Å². The molecule has 34 nitrogen and oxygen atoms in total. The number of anilines is 14. The first kappa shape index (κ1) is 88.0. The van der Waals surface area contributed by atoms with Crippen LogP contribution in [0.1, 0.15) is 168 Å². The Morgan fingerprint density at radius 3 is 1.02 bits per heavy atom. The van der Waals surface area contributed by atoms with Crippen LogP contribution in [-0.2, 0) is 19.3 Å². The van der Waals surface area contributed by atoms with Crippen molar-refractivity contribution in [1.82, 2.24) is 117 Å². The van der Waals surface area contributed by atoms with Crippen molar-refractivity contribution in [3.8, 4) is 23.2 Å². The number of hydrogen-bond donors (Lipinski definition) is 10. The van der Waals surface area contributed by atoms with Gasteiger partial charge in [0.15, 0.2) is 74.6 Å². The number of nitrogens with zero attached hydrogens (tertiary/aromatic N) is 24. The number of benzene rings is 6. The summed E-state index contributed by atoms with van der Waals surface area (Å²) in [5.41, 5.74) is 53.7. The standard InChI is InChI=1S/3C16H20N6.C16H15N5.C14H16N6.C14H15N5/c1-4-11-5-7-12(8-6-11)19-16-20-14(17)13-15(21-16)22(9-18-13)10(2)3;1-4-11-6-5-7-12(8-11)19-16-20-14(17)13-15(21-16)22(9-18-13)10(2)3;1-4-11-7-5-6-8-12(11)19-16-20-14(17)13-15(21-16)22(9-18-13)10(2)3;1-11(2)21-10-18-14-15(17)19-13(20-16(14)21)9-8-12-6-4-3-5-7-12;1-9(2)20-8-16-11-12(15)18-14(19-13(11)20)17-10-6-4-3-5-7-10;1-9(2)19-8-16-11-12(15)17-13(18-14(11)19)10-6-4-3-5-7-10/h3*5-10H,4H2,1-3H3,(H3,17,19,20,21);3-7,10-11H,1-2H3,(H2,17,19,20);3-9H,1-2H3,(H3,15,17,18,19);3-9H,1-2H3,(H2,15,17,18). The number of rotatable bonds is 18. The molecule has 12 aromatic heterocycles. The van der Waals surface area contributed by atoms with Crippen molar-refractivity contribution in [1.29, 1.82) is 0 Å². The molecule has 0 unspecified atom stereocenters. The van der Waals surface area contributed by atoms with Crippen LogP contribution in [-0.4, -0.2) is 117 Å². The molecule has 644 valence electrons. The molecular weight excluding hydrogens is 1580 g/mol. The normalized spacial score (nSPS) is 11.2. The van der Waals surface area contributed by atoms with Crippen molar-refractivity contribution in [2.75, 3.05) is 55.7 Å². The monoisotopic (exact) mass is 1690 g/mol. The van der Waals surface area contributed by atoms with Crippen LogP contribution in [0.25, 0.3) is 78.4 Å². The molecule has 0 radical (unpaired) electrons. The smallest absolute Gasteiger partial charge is 0.231 e. The molecule has 18 aromatic rings. The Hall–Kier alpha value is -15.8. The summed E-state index contributed by atoms with van der Waals surface area (Å²) >= 11 is 0. The summed E-state index contributed by atoms with van der Waals surface area (Å²) in [6.45, 7) is 31.3. The maximum atomic E-state index is 6.03. The summed E-state index contributed by atoms with van der Waals surface area (Å²) < 4.78 is 11.9. The number of nitrogens with two attached hydrogens (primary N) is 6. The lowest BCUT2D eigenvalue weighted by Crippen LogP contribution is -2.06. The van der Waals surface area contributed by atoms with Crippen LogP contribution in [0.3, 0.4) is 0 Å². The minimum absolute atomic E-state index is 0.249. The molecule has 16 N–H and O–H groups in total. The van der Waals surface area contributed by atoms with Crippen molar-refractivity contribution in [3.63, 3.8) is 0 Å². The Bertz CT molecular complexity index is 6790. The van der Waals surface area contributed by atoms with E-state index < -0.39 is 0 Å². The van der Waals surface area contributed by atoms with E-state index in [1.807, 2.05) is 161 Å². The fourth-order valence-electron chi connectivity index (χ4n) is 13.2. The topological polar surface area (TPSA) is 466 Å². The van der Waals surface area contributed by atoms with Gasteiger partial charge in [-0.05, 0) is 180 Å². The summed E-state index contributed by atoms with van der Waals surface area (Å²) in [6.07, 6.45) is 13.4. The first-order valence-electron chi connectivity index (χ1n) is 41.7. The number of aromatic nitrogens is 24. The molecule has 34 heteroatoms. The Morgan fingerprint density at radius 2 is 0.619 bits per heavy atom. The third-order valence-corrected chi connectivity index (χ3v) is 20.0. The SMILES string of the molecule is CC(C)n1cnc2c(N)nc(-c3ccccc3)nc21.CC(C)n1cnc2c(N)nc(C#Cc3ccccc3)nc21.CC(C)n1cnc2c(N)nc(Nc3ccccc3)nc21.CCc1ccc(Nc2nc(N)c3ncn(C(C)C)c3n2)cc1.CCc1cccc(Nc2nc(N)c3ncn(C(C)C)c3n2)c1.CCc1ccccc1Nc1nc(N)c2ncn(C(C)C)c2n1. The van der Waals surface area contributed by atoms with Crippen molar-refractivity contribution in [3.05, 3.63) is 230 Å². The fraction of sp³-hybridized carbons (Fsp3) is 0.261. The van der Waals surface area contributed by atoms with Crippen LogP contribution in [0.15, 0.2) is 202 Å². The third-order valence-electron chi connectivity index (χ3n) is 20.0. The van der Waals surface area contributed by atoms with Crippen molar-refractivity contribution in [2.45, 2.75) is 159 Å². The van der Waals surface area contributed by atoms with Gasteiger partial charge in [-0.3, -0.25) is 0 Å². The maximum absolute atomic E-state index is 6.03. The van der Waals surface area contributed by atoms with Crippen LogP contribution in [0.2, 0.25) is 0 Å². The van der Waals surface area contributed by atoms with Crippen molar-refractivity contribution >= 4 is 148 Å². The molecule has 0 amide bonds. The van der Waals surface area contributed by atoms with E-state index in [-0.39, 0.29) is 36.3 Å². The molecule has 0 aliphatic carbocycles. The number of imidazole rings is 6. The van der Waals surface area contributed by atoms with Gasteiger partial charge in [-0.15, -0.1) is 0 Å². The van der Waals surface area contributed by atoms with Gasteiger partial charge in [-0.1, -0.05) is 136 Å². The summed E-state index contributed by atoms with van der Waals surface area (Å²) in [7, 11) is 0. The molecule has 0 saturated carbocycles. The highest BCUT2D eigenvalue weighted by Crippen LogP contribution is 2.31. The first-order chi connectivity index (χ1) is 60.7. The average molecular weight is 1690 g/mol. The predicted molar refractivity (Wildman–Crippen MR) is 506 cm³/mol. The van der Waals surface area contributed by atoms with E-state index in [2.05, 4.69) is 257 Å². The zero-order valence-corrected chi connectivity index (χ0v) is 73.3. The Morgan fingerprint density at radius 1 is 0.286 bits per heavy atom. The molecule has 0 spiro atoms. The molecule has 0 aliphatic rings. The Kier molecular flexibility index (Phi) is 27.8. The van der Waals surface area contributed by atoms with E-state index in [9.17, 15) is 0 Å². The molecule has 0 fully saturated rings. The van der Waals surface area contributed by atoms with E-state index in [1.165, 1.54) is 16.7 Å². The van der Waals surface area contributed by atoms with Crippen LogP contribution < -0.4 is 55.7 Å². The van der Waals surface area contributed by atoms with Gasteiger partial charge in [0.2, 0.25) is 29.6 Å². The summed E-state index contributed by atoms with van der Waals surface area (Å²) in [5, 5.41) is 12.8. The lowest BCUT2D eigenvalue weighted by molar-refractivity contribution is 0.612. The minimum atomic E-state index is 0.249. The molecule has 6 aromatic carbocycles. The number of aryl methyl sites for hydroxylation is 3. The maximum Gasteiger partial charge on any atom is 0.231 e. The highest BCUT2D eigenvalue weighted by molar-refractivity contribution is 5.88. The van der Waals surface area contributed by atoms with Crippen LogP contribution >= 0.6 is 0 Å². The van der Waals surface area contributed by atoms with E-state index in [0.29, 0.717) is 103 Å². The molecule has 18 rings (SSSR count). The van der Waals surface area contributed by atoms with Gasteiger partial charge in [-0.2, -0.15) is 39.9 Å². The number of para-hydroxylation sites is 2. The van der Waals surface area contributed by atoms with Gasteiger partial charge in [0, 0.05) is 70.1 Å². The zero-order chi connectivity index (χ0) is 89.4. The lowest BCUT2D eigenvalue weighted by Gasteiger charge is -2.11. The van der Waals surface area contributed by atoms with Crippen LogP contribution in [0, 0.1) is 11.8 Å². The fourth-order valence-corrected chi connectivity index (χ4v) is 13.2. The lowest BCUT2D eigenvalue weighted by atomic mass is 10.1. The number of hydrogen-bond acceptors (Lipinski definition) is 28. The Balaban J connectivity index is 0.000000130. The number of nitrogen functional groups attached to an aromatic ring is 6. The van der Waals surface area contributed by atoms with Crippen molar-refractivity contribution in [2.24, 2.45) is 0 Å². The number of nitrogens with one attached hydrogen (secondary N) is 4. The minimum Gasteiger partial charge on any atom is -0.382 e. The molecular formula is C92H106N34. The Labute approximate surface area is 729 Å². The van der Waals surface area contributed by atoms with E-state index in [1.54, 1.807) is 38.0 Å². The van der Waals surface area contributed by atoms with E-state index >= 15 is 0 Å². The molecule has 0 bridgehead atoms. The van der Waals surface area contributed by atoms with Gasteiger partial charge in [0.05, 0.1) is 38.0 Å². The second-order valence-corrected chi connectivity index (χ2v) is 31.1. The molecule has 0 aliphatic heterocycles. The predicted octanol–water partition coefficient (Wildman–Crippen LogP) is 17.7. The van der Waals surface area contributed by atoms with Gasteiger partial charge in [-0.25, -0.2) is 49.8 Å². The summed E-state index contributed by atoms with van der Waals surface area (Å²) in [4.78, 5) is 78.7. The summed E-state index contributed by atoms with van der Waals surface area (Å²) in [5.74, 6) is 11.3. The highest BCUT2D eigenvalue weighted by Gasteiger charge is 2.21. The molecule has 0 saturated heterocycles. The zero-order valence-electron chi connectivity index (χ0n) is 73.3. The van der Waals surface area contributed by atoms with Gasteiger partial charge >= 0.3 is 0 Å². The molecule has 126 heavy (non-hydrogen) atoms. The van der Waals surface area contributed by atoms with E-state index in [4.69, 9.17) is 34.4 Å². The summed E-state index contributed by atoms with van der Waals surface area (Å²) in [6, 6.07) is 55.3. The first-order valence-corrected chi connectivity index (χ1v) is 41.7. The third kappa shape index (κ3) is 20.8. The average Bonchev–Trinajstić information content (AvgIpc) is 1.49. The quantitative estimate of drug-likeness (QED) is 0.0357. The van der Waals surface area contributed by atoms with Gasteiger partial charge in [0.1, 0.15) is 33.1 Å². The van der Waals surface area contributed by atoms with Gasteiger partial charge in [0.25, 0.3) is 0 Å². The van der Waals surface area contributed by atoms with Crippen LogP contribution in [0.4, 0.5) is 81.5 Å². The second kappa shape index (κ2) is 39.8. The number of fused-ring (bicyclic) bond motifs is 6. The van der Waals surface area contributed by atoms with Gasteiger partial charge < -0.3 is 83.1 Å². The van der Waals surface area contributed by atoms with Crippen LogP contribution in [0.5, 0.6) is 0 Å². The van der Waals surface area contributed by atoms with Crippen molar-refractivity contribution < 1.29 is 0 Å². The highest BCUT2D eigenvalue weighted by atomic mass is 15.3. The largest absolute Gasteiger partial charge is 0.382 e. The second-order valence-electron chi connectivity index (χ2n) is 31.1.